The molecule has 1 amide bonds. The molecule has 1 aliphatic rings. The van der Waals surface area contributed by atoms with E-state index in [1.807, 2.05) is 13.8 Å². The molecule has 0 aliphatic carbocycles. The summed E-state index contributed by atoms with van der Waals surface area (Å²) < 4.78 is 20.4. The summed E-state index contributed by atoms with van der Waals surface area (Å²) in [6, 6.07) is 0. The number of aromatic amines is 2. The number of likely N-dealkylation sites (tertiary alicyclic amines) is 1. The smallest absolute Gasteiger partial charge is 0.334 e. The van der Waals surface area contributed by atoms with E-state index in [1.165, 1.54) is 11.2 Å². The summed E-state index contributed by atoms with van der Waals surface area (Å²) >= 11 is 0. The van der Waals surface area contributed by atoms with Gasteiger partial charge in [-0.2, -0.15) is 4.98 Å². The first-order valence-electron chi connectivity index (χ1n) is 9.95. The van der Waals surface area contributed by atoms with Gasteiger partial charge >= 0.3 is 21.2 Å². The predicted molar refractivity (Wildman–Crippen MR) is 122 cm³/mol. The highest BCUT2D eigenvalue weighted by atomic mass is 31.2. The number of nitrogens with two attached hydrogens (primary N) is 1. The van der Waals surface area contributed by atoms with Gasteiger partial charge in [0.15, 0.2) is 11.2 Å². The largest absolute Gasteiger partial charge is 0.481 e. The van der Waals surface area contributed by atoms with Gasteiger partial charge in [0.25, 0.3) is 5.56 Å². The van der Waals surface area contributed by atoms with Crippen molar-refractivity contribution in [3.8, 4) is 0 Å². The lowest BCUT2D eigenvalue weighted by molar-refractivity contribution is -0.136. The topological polar surface area (TPSA) is 273 Å². The standard InChI is InChI=1S/C6H12NO4P.C5H5N5O.C3H7O5P.C2H6/c8-6(5-12(9,10)11)7-3-1-2-4-7;6-5-9-3-2(4(11)10-5)7-1-8-3;4-3(5)1-2-9(6,7)8;1-2/h1-5H2,(H2,9,10,11);1H,(H4,6,7,8,9,10,11);1-2H2,(H,4,5)(H2,6,7,8);1-2H3. The molecule has 1 aliphatic heterocycles. The lowest BCUT2D eigenvalue weighted by Crippen LogP contribution is -2.30. The molecule has 9 N–H and O–H groups in total. The van der Waals surface area contributed by atoms with E-state index in [2.05, 4.69) is 19.9 Å². The van der Waals surface area contributed by atoms with E-state index in [9.17, 15) is 23.5 Å². The number of imidazole rings is 1. The zero-order valence-electron chi connectivity index (χ0n) is 18.6. The second kappa shape index (κ2) is 14.6. The molecular weight excluding hydrogens is 498 g/mol. The molecule has 34 heavy (non-hydrogen) atoms. The van der Waals surface area contributed by atoms with Gasteiger partial charge in [-0.25, -0.2) is 4.98 Å². The van der Waals surface area contributed by atoms with Gasteiger partial charge in [-0.3, -0.25) is 28.5 Å². The van der Waals surface area contributed by atoms with Crippen molar-refractivity contribution in [2.24, 2.45) is 0 Å². The van der Waals surface area contributed by atoms with Crippen molar-refractivity contribution in [2.45, 2.75) is 33.1 Å². The van der Waals surface area contributed by atoms with E-state index in [0.717, 1.165) is 12.8 Å². The number of rotatable bonds is 5. The molecule has 18 heteroatoms. The molecule has 16 nitrogen and oxygen atoms in total. The maximum Gasteiger partial charge on any atom is 0.334 e. The van der Waals surface area contributed by atoms with E-state index in [0.29, 0.717) is 24.3 Å². The first kappa shape index (κ1) is 31.4. The number of hydrogen-bond donors (Lipinski definition) is 8. The summed E-state index contributed by atoms with van der Waals surface area (Å²) in [6.45, 7) is 5.28. The van der Waals surface area contributed by atoms with Crippen molar-refractivity contribution >= 4 is 44.2 Å². The van der Waals surface area contributed by atoms with E-state index < -0.39 is 45.8 Å². The van der Waals surface area contributed by atoms with Crippen LogP contribution >= 0.6 is 15.2 Å². The van der Waals surface area contributed by atoms with Crippen molar-refractivity contribution in [1.82, 2.24) is 24.8 Å². The molecule has 3 rings (SSSR count). The molecule has 0 radical (unpaired) electrons. The third-order valence-electron chi connectivity index (χ3n) is 3.73. The Morgan fingerprint density at radius 1 is 1.12 bits per heavy atom. The van der Waals surface area contributed by atoms with E-state index in [4.69, 9.17) is 30.4 Å². The van der Waals surface area contributed by atoms with Crippen molar-refractivity contribution in [1.29, 1.82) is 0 Å². The van der Waals surface area contributed by atoms with Crippen molar-refractivity contribution < 1.29 is 43.4 Å². The SMILES string of the molecule is CC.Nc1nc2nc[nH]c2c(=O)[nH]1.O=C(CP(=O)(O)O)N1CCCC1.O=C(O)CCP(=O)(O)O. The number of carboxylic acid groups (broad SMARTS) is 1. The molecule has 3 heterocycles. The van der Waals surface area contributed by atoms with Crippen molar-refractivity contribution in [3.05, 3.63) is 16.7 Å². The van der Waals surface area contributed by atoms with Gasteiger partial charge in [-0.15, -0.1) is 0 Å². The number of amides is 1. The van der Waals surface area contributed by atoms with Crippen LogP contribution in [0, 0.1) is 0 Å². The average Bonchev–Trinajstić information content (AvgIpc) is 3.39. The molecule has 1 saturated heterocycles. The maximum atomic E-state index is 11.1. The Kier molecular flexibility index (Phi) is 13.5. The highest BCUT2D eigenvalue weighted by molar-refractivity contribution is 7.52. The summed E-state index contributed by atoms with van der Waals surface area (Å²) in [5, 5.41) is 7.93. The second-order valence-corrected chi connectivity index (χ2v) is 9.92. The van der Waals surface area contributed by atoms with Gasteiger partial charge in [0.1, 0.15) is 6.16 Å². The molecule has 0 atom stereocenters. The lowest BCUT2D eigenvalue weighted by Gasteiger charge is -2.14. The van der Waals surface area contributed by atoms with Gasteiger partial charge in [0.2, 0.25) is 11.9 Å². The summed E-state index contributed by atoms with van der Waals surface area (Å²) in [4.78, 5) is 79.1. The summed E-state index contributed by atoms with van der Waals surface area (Å²) in [5.74, 6) is -1.55. The van der Waals surface area contributed by atoms with Gasteiger partial charge < -0.3 is 40.3 Å². The highest BCUT2D eigenvalue weighted by Gasteiger charge is 2.25. The Bertz CT molecular complexity index is 1070. The number of aromatic nitrogens is 4. The fourth-order valence-corrected chi connectivity index (χ4v) is 3.38. The minimum absolute atomic E-state index is 0.0783. The maximum absolute atomic E-state index is 11.1. The first-order valence-corrected chi connectivity index (χ1v) is 13.5. The van der Waals surface area contributed by atoms with Crippen LogP contribution in [-0.4, -0.2) is 86.8 Å². The molecule has 0 saturated carbocycles. The summed E-state index contributed by atoms with van der Waals surface area (Å²) in [5.41, 5.74) is 5.65. The van der Waals surface area contributed by atoms with Crippen LogP contribution in [0.5, 0.6) is 0 Å². The van der Waals surface area contributed by atoms with E-state index in [1.54, 1.807) is 0 Å². The zero-order chi connectivity index (χ0) is 26.5. The average molecular weight is 528 g/mol. The Morgan fingerprint density at radius 3 is 2.12 bits per heavy atom. The fourth-order valence-electron chi connectivity index (χ4n) is 2.34. The minimum atomic E-state index is -4.17. The van der Waals surface area contributed by atoms with Crippen LogP contribution in [0.25, 0.3) is 11.2 Å². The Morgan fingerprint density at radius 2 is 1.68 bits per heavy atom. The van der Waals surface area contributed by atoms with Crippen molar-refractivity contribution in [2.75, 3.05) is 31.1 Å². The first-order chi connectivity index (χ1) is 15.7. The number of carboxylic acids is 1. The summed E-state index contributed by atoms with van der Waals surface area (Å²) in [6.07, 6.45) is 1.56. The number of nitrogens with one attached hydrogen (secondary N) is 2. The van der Waals surface area contributed by atoms with Crippen LogP contribution in [0.15, 0.2) is 11.1 Å². The van der Waals surface area contributed by atoms with Crippen LogP contribution in [0.1, 0.15) is 33.1 Å². The van der Waals surface area contributed by atoms with Gasteiger partial charge in [0.05, 0.1) is 18.9 Å². The van der Waals surface area contributed by atoms with Crippen LogP contribution in [0.2, 0.25) is 0 Å². The molecule has 0 bridgehead atoms. The van der Waals surface area contributed by atoms with Gasteiger partial charge in [-0.1, -0.05) is 13.8 Å². The number of carbonyl (C=O) groups is 2. The Labute approximate surface area is 193 Å². The Hall–Kier alpha value is -2.61. The van der Waals surface area contributed by atoms with Crippen LogP contribution < -0.4 is 11.3 Å². The molecule has 2 aromatic rings. The normalized spacial score (nSPS) is 13.1. The second-order valence-electron chi connectivity index (χ2n) is 6.50. The number of H-pyrrole nitrogens is 2. The molecule has 0 aromatic carbocycles. The number of nitrogens with zero attached hydrogens (tertiary/aromatic N) is 3. The zero-order valence-corrected chi connectivity index (χ0v) is 20.4. The third-order valence-corrected chi connectivity index (χ3v) is 5.22. The molecule has 2 aromatic heterocycles. The van der Waals surface area contributed by atoms with E-state index >= 15 is 0 Å². The van der Waals surface area contributed by atoms with Crippen LogP contribution in [0.4, 0.5) is 5.95 Å². The van der Waals surface area contributed by atoms with Gasteiger partial charge in [0, 0.05) is 13.1 Å². The van der Waals surface area contributed by atoms with Gasteiger partial charge in [-0.05, 0) is 12.8 Å². The summed E-state index contributed by atoms with van der Waals surface area (Å²) in [7, 11) is -8.27. The number of hydrogen-bond acceptors (Lipinski definition) is 8. The van der Waals surface area contributed by atoms with Crippen LogP contribution in [-0.2, 0) is 18.7 Å². The van der Waals surface area contributed by atoms with Crippen LogP contribution in [0.3, 0.4) is 0 Å². The monoisotopic (exact) mass is 528 g/mol. The Balaban J connectivity index is 0.000000468. The number of anilines is 1. The van der Waals surface area contributed by atoms with Crippen molar-refractivity contribution in [3.63, 3.8) is 0 Å². The lowest BCUT2D eigenvalue weighted by atomic mass is 10.4. The molecule has 1 fully saturated rings. The molecule has 194 valence electrons. The van der Waals surface area contributed by atoms with E-state index in [-0.39, 0.29) is 11.5 Å². The predicted octanol–water partition coefficient (Wildman–Crippen LogP) is -0.320. The minimum Gasteiger partial charge on any atom is -0.481 e. The number of nitrogen functional groups attached to an aromatic ring is 1. The molecule has 0 unspecified atom stereocenters. The molecule has 0 spiro atoms. The molecular formula is C16H30N6O10P2. The number of carbonyl (C=O) groups excluding carboxylic acids is 1. The number of aliphatic carboxylic acids is 1. The highest BCUT2D eigenvalue weighted by Crippen LogP contribution is 2.35. The third kappa shape index (κ3) is 13.8. The fraction of sp³-hybridized carbons (Fsp3) is 0.562. The quantitative estimate of drug-likeness (QED) is 0.231. The number of fused-ring (bicyclic) bond motifs is 1.